The first-order valence-corrected chi connectivity index (χ1v) is 6.79. The molecule has 2 N–H and O–H groups in total. The molecule has 0 aromatic heterocycles. The van der Waals surface area contributed by atoms with E-state index in [1.807, 2.05) is 0 Å². The van der Waals surface area contributed by atoms with Crippen molar-refractivity contribution >= 4 is 18.3 Å². The zero-order valence-electron chi connectivity index (χ0n) is 11.4. The molecule has 1 fully saturated rings. The normalized spacial score (nSPS) is 15.6. The van der Waals surface area contributed by atoms with Gasteiger partial charge in [-0.05, 0) is 44.8 Å². The van der Waals surface area contributed by atoms with Gasteiger partial charge in [0.2, 0.25) is 5.91 Å². The zero-order chi connectivity index (χ0) is 12.8. The topological polar surface area (TPSA) is 41.1 Å². The fraction of sp³-hybridized carbons (Fsp3) is 0.533. The van der Waals surface area contributed by atoms with E-state index in [1.54, 1.807) is 0 Å². The third kappa shape index (κ3) is 5.62. The Balaban J connectivity index is 0.00000180. The molecule has 1 aromatic rings. The summed E-state index contributed by atoms with van der Waals surface area (Å²) < 4.78 is 0. The summed E-state index contributed by atoms with van der Waals surface area (Å²) in [6, 6.07) is 8.78. The van der Waals surface area contributed by atoms with Gasteiger partial charge in [0.15, 0.2) is 0 Å². The van der Waals surface area contributed by atoms with Gasteiger partial charge in [0.05, 0.1) is 0 Å². The number of hydrogen-bond acceptors (Lipinski definition) is 2. The molecule has 106 valence electrons. The average Bonchev–Trinajstić information content (AvgIpc) is 2.39. The van der Waals surface area contributed by atoms with Gasteiger partial charge in [-0.2, -0.15) is 0 Å². The summed E-state index contributed by atoms with van der Waals surface area (Å²) in [4.78, 5) is 11.8. The van der Waals surface area contributed by atoms with Gasteiger partial charge < -0.3 is 10.6 Å². The van der Waals surface area contributed by atoms with Gasteiger partial charge in [0, 0.05) is 12.5 Å². The number of aryl methyl sites for hydroxylation is 2. The van der Waals surface area contributed by atoms with Crippen molar-refractivity contribution in [2.45, 2.75) is 38.6 Å². The van der Waals surface area contributed by atoms with E-state index in [1.165, 1.54) is 11.1 Å². The van der Waals surface area contributed by atoms with E-state index in [-0.39, 0.29) is 18.3 Å². The summed E-state index contributed by atoms with van der Waals surface area (Å²) in [5, 5.41) is 6.42. The quantitative estimate of drug-likeness (QED) is 0.889. The molecule has 0 spiro atoms. The third-order valence-electron chi connectivity index (χ3n) is 3.47. The number of piperidine rings is 1. The number of halogens is 1. The Morgan fingerprint density at radius 3 is 2.53 bits per heavy atom. The Hall–Kier alpha value is -1.06. The number of rotatable bonds is 4. The summed E-state index contributed by atoms with van der Waals surface area (Å²) in [6.07, 6.45) is 3.52. The van der Waals surface area contributed by atoms with E-state index in [4.69, 9.17) is 0 Å². The minimum absolute atomic E-state index is 0. The lowest BCUT2D eigenvalue weighted by Gasteiger charge is -2.23. The molecule has 19 heavy (non-hydrogen) atoms. The predicted molar refractivity (Wildman–Crippen MR) is 80.8 cm³/mol. The van der Waals surface area contributed by atoms with Crippen LogP contribution in [0.15, 0.2) is 24.3 Å². The maximum atomic E-state index is 11.8. The molecule has 1 saturated heterocycles. The number of benzene rings is 1. The van der Waals surface area contributed by atoms with Crippen LogP contribution in [-0.4, -0.2) is 25.0 Å². The van der Waals surface area contributed by atoms with Crippen LogP contribution in [0.1, 0.15) is 30.4 Å². The van der Waals surface area contributed by atoms with E-state index in [2.05, 4.69) is 41.8 Å². The van der Waals surface area contributed by atoms with Crippen molar-refractivity contribution in [3.05, 3.63) is 35.4 Å². The summed E-state index contributed by atoms with van der Waals surface area (Å²) in [5.74, 6) is 0.183. The minimum atomic E-state index is 0. The minimum Gasteiger partial charge on any atom is -0.353 e. The number of nitrogens with one attached hydrogen (secondary N) is 2. The molecule has 0 atom stereocenters. The number of hydrogen-bond donors (Lipinski definition) is 2. The van der Waals surface area contributed by atoms with Crippen molar-refractivity contribution in [1.29, 1.82) is 0 Å². The standard InChI is InChI=1S/C15H22N2O.ClH/c1-12-2-4-13(5-3-12)6-7-15(18)17-14-8-10-16-11-9-14;/h2-5,14,16H,6-11H2,1H3,(H,17,18);1H. The molecule has 0 saturated carbocycles. The van der Waals surface area contributed by atoms with Gasteiger partial charge in [0.25, 0.3) is 0 Å². The van der Waals surface area contributed by atoms with Crippen LogP contribution in [0.4, 0.5) is 0 Å². The van der Waals surface area contributed by atoms with Crippen molar-refractivity contribution < 1.29 is 4.79 Å². The molecule has 3 nitrogen and oxygen atoms in total. The van der Waals surface area contributed by atoms with Gasteiger partial charge in [-0.25, -0.2) is 0 Å². The molecule has 0 bridgehead atoms. The highest BCUT2D eigenvalue weighted by molar-refractivity contribution is 5.85. The molecule has 4 heteroatoms. The fourth-order valence-corrected chi connectivity index (χ4v) is 2.28. The highest BCUT2D eigenvalue weighted by atomic mass is 35.5. The van der Waals surface area contributed by atoms with Crippen LogP contribution in [0.25, 0.3) is 0 Å². The van der Waals surface area contributed by atoms with Crippen LogP contribution >= 0.6 is 12.4 Å². The fourth-order valence-electron chi connectivity index (χ4n) is 2.28. The first-order valence-electron chi connectivity index (χ1n) is 6.79. The SMILES string of the molecule is Cc1ccc(CCC(=O)NC2CCNCC2)cc1.Cl. The van der Waals surface area contributed by atoms with E-state index < -0.39 is 0 Å². The molecule has 1 aliphatic heterocycles. The summed E-state index contributed by atoms with van der Waals surface area (Å²) >= 11 is 0. The molecule has 1 aliphatic rings. The highest BCUT2D eigenvalue weighted by Gasteiger charge is 2.14. The predicted octanol–water partition coefficient (Wildman–Crippen LogP) is 2.22. The Kier molecular flexibility index (Phi) is 6.89. The van der Waals surface area contributed by atoms with Crippen molar-refractivity contribution in [2.24, 2.45) is 0 Å². The zero-order valence-corrected chi connectivity index (χ0v) is 12.3. The van der Waals surface area contributed by atoms with E-state index >= 15 is 0 Å². The van der Waals surface area contributed by atoms with Crippen molar-refractivity contribution in [2.75, 3.05) is 13.1 Å². The first kappa shape index (κ1) is 16.0. The molecular formula is C15H23ClN2O. The molecule has 1 amide bonds. The van der Waals surface area contributed by atoms with E-state index in [0.717, 1.165) is 32.4 Å². The molecule has 2 rings (SSSR count). The molecule has 0 unspecified atom stereocenters. The summed E-state index contributed by atoms with van der Waals surface area (Å²) in [5.41, 5.74) is 2.50. The first-order chi connectivity index (χ1) is 8.74. The van der Waals surface area contributed by atoms with Crippen molar-refractivity contribution in [3.63, 3.8) is 0 Å². The lowest BCUT2D eigenvalue weighted by atomic mass is 10.1. The van der Waals surface area contributed by atoms with Gasteiger partial charge in [-0.3, -0.25) is 4.79 Å². The molecule has 0 radical (unpaired) electrons. The number of carbonyl (C=O) groups is 1. The van der Waals surface area contributed by atoms with Gasteiger partial charge in [-0.15, -0.1) is 12.4 Å². The second-order valence-corrected chi connectivity index (χ2v) is 5.08. The van der Waals surface area contributed by atoms with Crippen LogP contribution in [0.3, 0.4) is 0 Å². The second kappa shape index (κ2) is 8.18. The Morgan fingerprint density at radius 1 is 1.26 bits per heavy atom. The van der Waals surface area contributed by atoms with Gasteiger partial charge in [0.1, 0.15) is 0 Å². The Labute approximate surface area is 121 Å². The van der Waals surface area contributed by atoms with Gasteiger partial charge >= 0.3 is 0 Å². The van der Waals surface area contributed by atoms with E-state index in [9.17, 15) is 4.79 Å². The Morgan fingerprint density at radius 2 is 1.89 bits per heavy atom. The second-order valence-electron chi connectivity index (χ2n) is 5.08. The monoisotopic (exact) mass is 282 g/mol. The maximum Gasteiger partial charge on any atom is 0.220 e. The summed E-state index contributed by atoms with van der Waals surface area (Å²) in [6.45, 7) is 4.11. The van der Waals surface area contributed by atoms with Crippen LogP contribution in [-0.2, 0) is 11.2 Å². The Bertz CT molecular complexity index is 386. The van der Waals surface area contributed by atoms with Crippen LogP contribution in [0.2, 0.25) is 0 Å². The third-order valence-corrected chi connectivity index (χ3v) is 3.47. The van der Waals surface area contributed by atoms with E-state index in [0.29, 0.717) is 12.5 Å². The smallest absolute Gasteiger partial charge is 0.220 e. The average molecular weight is 283 g/mol. The lowest BCUT2D eigenvalue weighted by Crippen LogP contribution is -2.42. The molecular weight excluding hydrogens is 260 g/mol. The van der Waals surface area contributed by atoms with Crippen LogP contribution < -0.4 is 10.6 Å². The number of amides is 1. The number of carbonyl (C=O) groups excluding carboxylic acids is 1. The molecule has 0 aliphatic carbocycles. The van der Waals surface area contributed by atoms with Crippen molar-refractivity contribution in [3.8, 4) is 0 Å². The van der Waals surface area contributed by atoms with Crippen LogP contribution in [0, 0.1) is 6.92 Å². The largest absolute Gasteiger partial charge is 0.353 e. The lowest BCUT2D eigenvalue weighted by molar-refractivity contribution is -0.121. The van der Waals surface area contributed by atoms with Crippen LogP contribution in [0.5, 0.6) is 0 Å². The highest BCUT2D eigenvalue weighted by Crippen LogP contribution is 2.07. The molecule has 1 aromatic carbocycles. The summed E-state index contributed by atoms with van der Waals surface area (Å²) in [7, 11) is 0. The maximum absolute atomic E-state index is 11.8. The molecule has 1 heterocycles. The van der Waals surface area contributed by atoms with Gasteiger partial charge in [-0.1, -0.05) is 29.8 Å². The van der Waals surface area contributed by atoms with Crippen molar-refractivity contribution in [1.82, 2.24) is 10.6 Å².